The molecule has 0 unspecified atom stereocenters. The summed E-state index contributed by atoms with van der Waals surface area (Å²) in [6.45, 7) is 9.87. The molecule has 0 bridgehead atoms. The first-order valence-corrected chi connectivity index (χ1v) is 9.08. The van der Waals surface area contributed by atoms with E-state index in [1.807, 2.05) is 0 Å². The maximum absolute atomic E-state index is 12.8. The van der Waals surface area contributed by atoms with E-state index in [0.29, 0.717) is 36.4 Å². The summed E-state index contributed by atoms with van der Waals surface area (Å²) in [4.78, 5) is 3.23. The standard InChI is InChI=1S/C15H29N3O2S/c1-12(2)5-7-18(8-6-13(3)4)21(19,20)15-9-14(10-16)17-11-15/h9,11-13,17H,5-8,10,16H2,1-4H3. The summed E-state index contributed by atoms with van der Waals surface area (Å²) in [6.07, 6.45) is 3.27. The minimum Gasteiger partial charge on any atom is -0.363 e. The zero-order valence-corrected chi connectivity index (χ0v) is 14.4. The Hall–Kier alpha value is -0.850. The van der Waals surface area contributed by atoms with Gasteiger partial charge in [-0.2, -0.15) is 4.31 Å². The van der Waals surface area contributed by atoms with Gasteiger partial charge < -0.3 is 10.7 Å². The van der Waals surface area contributed by atoms with E-state index in [-0.39, 0.29) is 0 Å². The Morgan fingerprint density at radius 1 is 1.14 bits per heavy atom. The first kappa shape index (κ1) is 18.2. The molecule has 0 fully saturated rings. The SMILES string of the molecule is CC(C)CCN(CCC(C)C)S(=O)(=O)c1c[nH]c(CN)c1. The number of aromatic nitrogens is 1. The number of nitrogens with two attached hydrogens (primary N) is 1. The maximum atomic E-state index is 12.8. The van der Waals surface area contributed by atoms with Gasteiger partial charge in [0.05, 0.1) is 4.90 Å². The second kappa shape index (κ2) is 7.96. The quantitative estimate of drug-likeness (QED) is 0.735. The van der Waals surface area contributed by atoms with Gasteiger partial charge in [-0.1, -0.05) is 27.7 Å². The lowest BCUT2D eigenvalue weighted by Gasteiger charge is -2.23. The Morgan fingerprint density at radius 2 is 1.67 bits per heavy atom. The van der Waals surface area contributed by atoms with E-state index in [4.69, 9.17) is 5.73 Å². The topological polar surface area (TPSA) is 79.2 Å². The van der Waals surface area contributed by atoms with Crippen molar-refractivity contribution in [2.45, 2.75) is 52.0 Å². The van der Waals surface area contributed by atoms with Gasteiger partial charge in [0.25, 0.3) is 0 Å². The number of nitrogens with zero attached hydrogens (tertiary/aromatic N) is 1. The predicted octanol–water partition coefficient (Wildman–Crippen LogP) is 2.56. The molecule has 0 amide bonds. The fourth-order valence-electron chi connectivity index (χ4n) is 1.99. The van der Waals surface area contributed by atoms with Crippen LogP contribution in [0.1, 0.15) is 46.2 Å². The van der Waals surface area contributed by atoms with Crippen molar-refractivity contribution in [3.05, 3.63) is 18.0 Å². The predicted molar refractivity (Wildman–Crippen MR) is 86.4 cm³/mol. The number of H-pyrrole nitrogens is 1. The van der Waals surface area contributed by atoms with Gasteiger partial charge >= 0.3 is 0 Å². The number of aromatic amines is 1. The minimum absolute atomic E-state index is 0.313. The van der Waals surface area contributed by atoms with Gasteiger partial charge in [0.15, 0.2) is 0 Å². The van der Waals surface area contributed by atoms with E-state index in [2.05, 4.69) is 32.7 Å². The third-order valence-corrected chi connectivity index (χ3v) is 5.36. The molecule has 0 radical (unpaired) electrons. The average Bonchev–Trinajstić information content (AvgIpc) is 2.87. The molecule has 1 aromatic heterocycles. The molecule has 0 atom stereocenters. The van der Waals surface area contributed by atoms with Crippen molar-refractivity contribution in [1.29, 1.82) is 0 Å². The van der Waals surface area contributed by atoms with Gasteiger partial charge in [-0.25, -0.2) is 8.42 Å². The van der Waals surface area contributed by atoms with Crippen molar-refractivity contribution in [1.82, 2.24) is 9.29 Å². The first-order chi connectivity index (χ1) is 9.77. The molecular weight excluding hydrogens is 286 g/mol. The number of rotatable bonds is 9. The highest BCUT2D eigenvalue weighted by atomic mass is 32.2. The van der Waals surface area contributed by atoms with Gasteiger partial charge in [0, 0.05) is 31.5 Å². The molecule has 3 N–H and O–H groups in total. The molecule has 0 aliphatic rings. The third kappa shape index (κ3) is 5.45. The van der Waals surface area contributed by atoms with Gasteiger partial charge in [0.1, 0.15) is 0 Å². The molecule has 1 heterocycles. The molecule has 1 rings (SSSR count). The van der Waals surface area contributed by atoms with Crippen molar-refractivity contribution in [2.24, 2.45) is 17.6 Å². The van der Waals surface area contributed by atoms with E-state index in [9.17, 15) is 8.42 Å². The summed E-state index contributed by atoms with van der Waals surface area (Å²) in [5.41, 5.74) is 6.28. The van der Waals surface area contributed by atoms with E-state index in [1.54, 1.807) is 10.4 Å². The summed E-state index contributed by atoms with van der Waals surface area (Å²) >= 11 is 0. The third-order valence-electron chi connectivity index (χ3n) is 3.49. The zero-order chi connectivity index (χ0) is 16.0. The van der Waals surface area contributed by atoms with Gasteiger partial charge in [-0.3, -0.25) is 0 Å². The molecule has 6 heteroatoms. The number of sulfonamides is 1. The van der Waals surface area contributed by atoms with Crippen LogP contribution in [0.2, 0.25) is 0 Å². The first-order valence-electron chi connectivity index (χ1n) is 7.64. The molecule has 0 saturated heterocycles. The van der Waals surface area contributed by atoms with Crippen LogP contribution < -0.4 is 5.73 Å². The van der Waals surface area contributed by atoms with Crippen LogP contribution >= 0.6 is 0 Å². The highest BCUT2D eigenvalue weighted by Gasteiger charge is 2.25. The van der Waals surface area contributed by atoms with E-state index >= 15 is 0 Å². The molecule has 0 aromatic carbocycles. The monoisotopic (exact) mass is 315 g/mol. The molecule has 0 aliphatic heterocycles. The molecule has 122 valence electrons. The zero-order valence-electron chi connectivity index (χ0n) is 13.6. The number of hydrogen-bond acceptors (Lipinski definition) is 3. The molecule has 21 heavy (non-hydrogen) atoms. The lowest BCUT2D eigenvalue weighted by Crippen LogP contribution is -2.34. The second-order valence-electron chi connectivity index (χ2n) is 6.33. The van der Waals surface area contributed by atoms with Crippen molar-refractivity contribution < 1.29 is 8.42 Å². The minimum atomic E-state index is -3.44. The fourth-order valence-corrected chi connectivity index (χ4v) is 3.48. The van der Waals surface area contributed by atoms with E-state index in [1.165, 1.54) is 6.20 Å². The Bertz CT molecular complexity index is 509. The highest BCUT2D eigenvalue weighted by molar-refractivity contribution is 7.89. The molecule has 0 saturated carbocycles. The Balaban J connectivity index is 2.92. The summed E-state index contributed by atoms with van der Waals surface area (Å²) in [7, 11) is -3.44. The van der Waals surface area contributed by atoms with E-state index in [0.717, 1.165) is 18.5 Å². The average molecular weight is 315 g/mol. The van der Waals surface area contributed by atoms with Crippen molar-refractivity contribution in [2.75, 3.05) is 13.1 Å². The maximum Gasteiger partial charge on any atom is 0.244 e. The number of nitrogens with one attached hydrogen (secondary N) is 1. The second-order valence-corrected chi connectivity index (χ2v) is 8.27. The van der Waals surface area contributed by atoms with Crippen LogP contribution in [0.15, 0.2) is 17.2 Å². The number of hydrogen-bond donors (Lipinski definition) is 2. The fraction of sp³-hybridized carbons (Fsp3) is 0.733. The van der Waals surface area contributed by atoms with Crippen molar-refractivity contribution in [3.63, 3.8) is 0 Å². The summed E-state index contributed by atoms with van der Waals surface area (Å²) in [5, 5.41) is 0. The van der Waals surface area contributed by atoms with Crippen LogP contribution in [0.3, 0.4) is 0 Å². The smallest absolute Gasteiger partial charge is 0.244 e. The van der Waals surface area contributed by atoms with Crippen LogP contribution in [-0.2, 0) is 16.6 Å². The molecule has 1 aromatic rings. The largest absolute Gasteiger partial charge is 0.363 e. The highest BCUT2D eigenvalue weighted by Crippen LogP contribution is 2.19. The Labute approximate surface area is 129 Å². The summed E-state index contributed by atoms with van der Waals surface area (Å²) < 4.78 is 27.1. The van der Waals surface area contributed by atoms with Crippen LogP contribution in [-0.4, -0.2) is 30.8 Å². The lowest BCUT2D eigenvalue weighted by molar-refractivity contribution is 0.357. The molecule has 0 aliphatic carbocycles. The lowest BCUT2D eigenvalue weighted by atomic mass is 10.1. The van der Waals surface area contributed by atoms with Crippen molar-refractivity contribution in [3.8, 4) is 0 Å². The summed E-state index contributed by atoms with van der Waals surface area (Å²) in [6, 6.07) is 1.63. The van der Waals surface area contributed by atoms with Crippen LogP contribution in [0.25, 0.3) is 0 Å². The van der Waals surface area contributed by atoms with Gasteiger partial charge in [0.2, 0.25) is 10.0 Å². The molecule has 5 nitrogen and oxygen atoms in total. The van der Waals surface area contributed by atoms with Crippen LogP contribution in [0, 0.1) is 11.8 Å². The Morgan fingerprint density at radius 3 is 2.05 bits per heavy atom. The van der Waals surface area contributed by atoms with Crippen LogP contribution in [0.4, 0.5) is 0 Å². The molecular formula is C15H29N3O2S. The Kier molecular flexibility index (Phi) is 6.90. The van der Waals surface area contributed by atoms with E-state index < -0.39 is 10.0 Å². The molecule has 0 spiro atoms. The normalized spacial score (nSPS) is 12.8. The summed E-state index contributed by atoms with van der Waals surface area (Å²) in [5.74, 6) is 0.958. The van der Waals surface area contributed by atoms with Crippen molar-refractivity contribution >= 4 is 10.0 Å². The van der Waals surface area contributed by atoms with Gasteiger partial charge in [-0.05, 0) is 30.7 Å². The van der Waals surface area contributed by atoms with Gasteiger partial charge in [-0.15, -0.1) is 0 Å². The van der Waals surface area contributed by atoms with Crippen LogP contribution in [0.5, 0.6) is 0 Å².